The first kappa shape index (κ1) is 23.9. The van der Waals surface area contributed by atoms with Crippen molar-refractivity contribution in [2.45, 2.75) is 6.61 Å². The third-order valence-corrected chi connectivity index (χ3v) is 5.80. The summed E-state index contributed by atoms with van der Waals surface area (Å²) in [5.41, 5.74) is 1.84. The van der Waals surface area contributed by atoms with Crippen LogP contribution < -0.4 is 14.8 Å². The molecule has 1 N–H and O–H groups in total. The Bertz CT molecular complexity index is 1200. The molecule has 8 heteroatoms. The lowest BCUT2D eigenvalue weighted by Gasteiger charge is -2.13. The SMILES string of the molecule is COc1ccc(NC(=O)/C(C#N)=C/c2cc(Br)cc(Br)c2OCc2ccccc2Cl)cc1. The molecule has 5 nitrogen and oxygen atoms in total. The monoisotopic (exact) mass is 574 g/mol. The second-order valence-electron chi connectivity index (χ2n) is 6.54. The molecule has 0 unspecified atom stereocenters. The Morgan fingerprint density at radius 2 is 1.88 bits per heavy atom. The molecule has 0 aliphatic heterocycles. The molecule has 0 fully saturated rings. The van der Waals surface area contributed by atoms with Crippen LogP contribution in [0.2, 0.25) is 5.02 Å². The van der Waals surface area contributed by atoms with Crippen molar-refractivity contribution in [2.75, 3.05) is 12.4 Å². The van der Waals surface area contributed by atoms with E-state index < -0.39 is 5.91 Å². The number of carbonyl (C=O) groups is 1. The number of carbonyl (C=O) groups excluding carboxylic acids is 1. The van der Waals surface area contributed by atoms with Gasteiger partial charge in [-0.25, -0.2) is 0 Å². The van der Waals surface area contributed by atoms with Crippen molar-refractivity contribution in [2.24, 2.45) is 0 Å². The molecular weight excluding hydrogens is 560 g/mol. The van der Waals surface area contributed by atoms with E-state index in [0.717, 1.165) is 10.0 Å². The lowest BCUT2D eigenvalue weighted by atomic mass is 10.1. The standard InChI is InChI=1S/C24H17Br2ClN2O3/c1-31-20-8-6-19(7-9-20)29-24(30)17(13-28)10-16-11-18(25)12-21(26)23(16)32-14-15-4-2-3-5-22(15)27/h2-12H,14H2,1H3,(H,29,30)/b17-10+. The number of nitrogens with one attached hydrogen (secondary N) is 1. The molecule has 0 heterocycles. The number of rotatable bonds is 7. The molecule has 0 saturated carbocycles. The molecule has 0 aromatic heterocycles. The Labute approximate surface area is 207 Å². The second kappa shape index (κ2) is 11.2. The van der Waals surface area contributed by atoms with Crippen LogP contribution in [-0.4, -0.2) is 13.0 Å². The number of halogens is 3. The van der Waals surface area contributed by atoms with Crippen molar-refractivity contribution in [3.63, 3.8) is 0 Å². The van der Waals surface area contributed by atoms with Crippen LogP contribution in [0.5, 0.6) is 11.5 Å². The van der Waals surface area contributed by atoms with Gasteiger partial charge in [-0.3, -0.25) is 4.79 Å². The summed E-state index contributed by atoms with van der Waals surface area (Å²) in [5.74, 6) is 0.613. The normalized spacial score (nSPS) is 10.9. The van der Waals surface area contributed by atoms with Crippen LogP contribution in [0.15, 0.2) is 75.2 Å². The summed E-state index contributed by atoms with van der Waals surface area (Å²) < 4.78 is 12.5. The molecule has 0 spiro atoms. The fourth-order valence-corrected chi connectivity index (χ4v) is 4.35. The van der Waals surface area contributed by atoms with Crippen LogP contribution in [-0.2, 0) is 11.4 Å². The van der Waals surface area contributed by atoms with Crippen LogP contribution >= 0.6 is 43.5 Å². The molecule has 0 aliphatic rings. The third kappa shape index (κ3) is 6.13. The first-order chi connectivity index (χ1) is 15.4. The van der Waals surface area contributed by atoms with Gasteiger partial charge >= 0.3 is 0 Å². The molecule has 0 saturated heterocycles. The number of amides is 1. The molecule has 0 aliphatic carbocycles. The van der Waals surface area contributed by atoms with Gasteiger partial charge in [-0.15, -0.1) is 0 Å². The Kier molecular flexibility index (Phi) is 8.34. The summed E-state index contributed by atoms with van der Waals surface area (Å²) in [4.78, 5) is 12.7. The van der Waals surface area contributed by atoms with Crippen molar-refractivity contribution in [1.82, 2.24) is 0 Å². The van der Waals surface area contributed by atoms with Crippen LogP contribution in [0.25, 0.3) is 6.08 Å². The third-order valence-electron chi connectivity index (χ3n) is 4.38. The smallest absolute Gasteiger partial charge is 0.266 e. The van der Waals surface area contributed by atoms with Gasteiger partial charge in [0.1, 0.15) is 29.7 Å². The molecule has 0 radical (unpaired) electrons. The van der Waals surface area contributed by atoms with E-state index in [2.05, 4.69) is 37.2 Å². The van der Waals surface area contributed by atoms with Crippen LogP contribution in [0.3, 0.4) is 0 Å². The number of hydrogen-bond donors (Lipinski definition) is 1. The maximum absolute atomic E-state index is 12.7. The number of nitrogens with zero attached hydrogens (tertiary/aromatic N) is 1. The number of anilines is 1. The number of ether oxygens (including phenoxy) is 2. The van der Waals surface area contributed by atoms with Crippen molar-refractivity contribution in [3.8, 4) is 17.6 Å². The van der Waals surface area contributed by atoms with E-state index in [4.69, 9.17) is 21.1 Å². The Balaban J connectivity index is 1.87. The van der Waals surface area contributed by atoms with Crippen LogP contribution in [0, 0.1) is 11.3 Å². The Morgan fingerprint density at radius 1 is 1.16 bits per heavy atom. The first-order valence-corrected chi connectivity index (χ1v) is 11.3. The maximum atomic E-state index is 12.7. The average molecular weight is 577 g/mol. The predicted octanol–water partition coefficient (Wildman–Crippen LogP) is 7.00. The molecular formula is C24H17Br2ClN2O3. The van der Waals surface area contributed by atoms with E-state index in [9.17, 15) is 10.1 Å². The van der Waals surface area contributed by atoms with E-state index in [1.807, 2.05) is 30.3 Å². The van der Waals surface area contributed by atoms with Gasteiger partial charge < -0.3 is 14.8 Å². The molecule has 3 aromatic rings. The van der Waals surface area contributed by atoms with Crippen LogP contribution in [0.4, 0.5) is 5.69 Å². The van der Waals surface area contributed by atoms with Gasteiger partial charge in [-0.2, -0.15) is 5.26 Å². The average Bonchev–Trinajstić information content (AvgIpc) is 2.78. The van der Waals surface area contributed by atoms with E-state index in [1.165, 1.54) is 6.08 Å². The van der Waals surface area contributed by atoms with Gasteiger partial charge in [-0.05, 0) is 64.5 Å². The minimum Gasteiger partial charge on any atom is -0.497 e. The predicted molar refractivity (Wildman–Crippen MR) is 133 cm³/mol. The van der Waals surface area contributed by atoms with E-state index in [0.29, 0.717) is 32.2 Å². The molecule has 3 rings (SSSR count). The molecule has 3 aromatic carbocycles. The van der Waals surface area contributed by atoms with Gasteiger partial charge in [0.15, 0.2) is 0 Å². The molecule has 162 valence electrons. The molecule has 0 atom stereocenters. The molecule has 1 amide bonds. The second-order valence-corrected chi connectivity index (χ2v) is 8.72. The zero-order valence-corrected chi connectivity index (χ0v) is 20.8. The summed E-state index contributed by atoms with van der Waals surface area (Å²) >= 11 is 13.2. The first-order valence-electron chi connectivity index (χ1n) is 9.33. The van der Waals surface area contributed by atoms with Crippen LogP contribution in [0.1, 0.15) is 11.1 Å². The number of hydrogen-bond acceptors (Lipinski definition) is 4. The zero-order chi connectivity index (χ0) is 23.1. The highest BCUT2D eigenvalue weighted by atomic mass is 79.9. The fourth-order valence-electron chi connectivity index (χ4n) is 2.78. The van der Waals surface area contributed by atoms with Gasteiger partial charge in [0.05, 0.1) is 11.6 Å². The van der Waals surface area contributed by atoms with Gasteiger partial charge in [0.25, 0.3) is 5.91 Å². The van der Waals surface area contributed by atoms with Crippen molar-refractivity contribution in [3.05, 3.63) is 91.3 Å². The summed E-state index contributed by atoms with van der Waals surface area (Å²) in [7, 11) is 1.56. The topological polar surface area (TPSA) is 71.3 Å². The van der Waals surface area contributed by atoms with Crippen molar-refractivity contribution >= 4 is 61.1 Å². The fraction of sp³-hybridized carbons (Fsp3) is 0.0833. The summed E-state index contributed by atoms with van der Waals surface area (Å²) in [6.45, 7) is 0.223. The highest BCUT2D eigenvalue weighted by Crippen LogP contribution is 2.35. The molecule has 0 bridgehead atoms. The van der Waals surface area contributed by atoms with Crippen molar-refractivity contribution < 1.29 is 14.3 Å². The number of nitriles is 1. The highest BCUT2D eigenvalue weighted by molar-refractivity contribution is 9.11. The van der Waals surface area contributed by atoms with Crippen molar-refractivity contribution in [1.29, 1.82) is 5.26 Å². The lowest BCUT2D eigenvalue weighted by molar-refractivity contribution is -0.112. The van der Waals surface area contributed by atoms with E-state index >= 15 is 0 Å². The molecule has 32 heavy (non-hydrogen) atoms. The summed E-state index contributed by atoms with van der Waals surface area (Å²) in [5, 5.41) is 12.9. The van der Waals surface area contributed by atoms with Gasteiger partial charge in [-0.1, -0.05) is 45.7 Å². The number of benzene rings is 3. The van der Waals surface area contributed by atoms with Gasteiger partial charge in [0.2, 0.25) is 0 Å². The summed E-state index contributed by atoms with van der Waals surface area (Å²) in [6.07, 6.45) is 1.48. The largest absolute Gasteiger partial charge is 0.497 e. The van der Waals surface area contributed by atoms with E-state index in [1.54, 1.807) is 43.5 Å². The minimum absolute atomic E-state index is 0.0755. The zero-order valence-electron chi connectivity index (χ0n) is 16.9. The lowest BCUT2D eigenvalue weighted by Crippen LogP contribution is -2.13. The Hall–Kier alpha value is -2.79. The van der Waals surface area contributed by atoms with Gasteiger partial charge in [0, 0.05) is 26.3 Å². The quantitative estimate of drug-likeness (QED) is 0.243. The summed E-state index contributed by atoms with van der Waals surface area (Å²) in [6, 6.07) is 19.8. The number of methoxy groups -OCH3 is 1. The highest BCUT2D eigenvalue weighted by Gasteiger charge is 2.15. The minimum atomic E-state index is -0.536. The van der Waals surface area contributed by atoms with E-state index in [-0.39, 0.29) is 12.2 Å². The maximum Gasteiger partial charge on any atom is 0.266 e. The Morgan fingerprint density at radius 3 is 2.53 bits per heavy atom.